The van der Waals surface area contributed by atoms with Crippen LogP contribution in [0.1, 0.15) is 43.1 Å². The van der Waals surface area contributed by atoms with Crippen molar-refractivity contribution in [3.05, 3.63) is 77.9 Å². The molecule has 4 N–H and O–H groups in total. The largest absolute Gasteiger partial charge is 0.360 e. The Hall–Kier alpha value is -4.38. The van der Waals surface area contributed by atoms with E-state index in [4.69, 9.17) is 0 Å². The third-order valence-corrected chi connectivity index (χ3v) is 5.37. The first-order valence-electron chi connectivity index (χ1n) is 10.4. The fraction of sp³-hybridized carbons (Fsp3) is 0.167. The molecule has 0 saturated heterocycles. The van der Waals surface area contributed by atoms with Crippen molar-refractivity contribution in [3.63, 3.8) is 0 Å². The van der Waals surface area contributed by atoms with E-state index in [-0.39, 0.29) is 12.1 Å². The van der Waals surface area contributed by atoms with Crippen LogP contribution >= 0.6 is 0 Å². The standard InChI is InChI=1S/C24H22N8/c1-14(22-28-17-7-3-4-8-18(17)29-22)26-21-12-11-16(13-25)24(32-21)27-15(2)23-30-19-9-5-6-10-20(19)31-23/h3-12,14-15H,1-2H3,(H,28,29)(H,30,31)(H2,26,27,32). The van der Waals surface area contributed by atoms with Crippen LogP contribution in [0.5, 0.6) is 0 Å². The van der Waals surface area contributed by atoms with Gasteiger partial charge in [-0.2, -0.15) is 5.26 Å². The van der Waals surface area contributed by atoms with Gasteiger partial charge in [0.05, 0.1) is 39.7 Å². The molecule has 5 rings (SSSR count). The Morgan fingerprint density at radius 2 is 1.31 bits per heavy atom. The van der Waals surface area contributed by atoms with Gasteiger partial charge in [-0.3, -0.25) is 0 Å². The van der Waals surface area contributed by atoms with Gasteiger partial charge in [-0.15, -0.1) is 0 Å². The molecule has 5 aromatic rings. The highest BCUT2D eigenvalue weighted by Crippen LogP contribution is 2.25. The molecule has 0 radical (unpaired) electrons. The zero-order valence-electron chi connectivity index (χ0n) is 17.7. The third-order valence-electron chi connectivity index (χ3n) is 5.37. The minimum atomic E-state index is -0.162. The quantitative estimate of drug-likeness (QED) is 0.304. The Morgan fingerprint density at radius 1 is 0.750 bits per heavy atom. The summed E-state index contributed by atoms with van der Waals surface area (Å²) in [5.41, 5.74) is 4.26. The zero-order chi connectivity index (χ0) is 22.1. The number of aromatic nitrogens is 5. The van der Waals surface area contributed by atoms with Crippen molar-refractivity contribution in [1.82, 2.24) is 24.9 Å². The Balaban J connectivity index is 1.37. The Bertz CT molecular complexity index is 1380. The van der Waals surface area contributed by atoms with E-state index in [0.717, 1.165) is 33.7 Å². The highest BCUT2D eigenvalue weighted by atomic mass is 15.1. The lowest BCUT2D eigenvalue weighted by atomic mass is 10.2. The van der Waals surface area contributed by atoms with E-state index in [2.05, 4.69) is 41.6 Å². The fourth-order valence-corrected chi connectivity index (χ4v) is 3.66. The van der Waals surface area contributed by atoms with E-state index in [1.165, 1.54) is 0 Å². The van der Waals surface area contributed by atoms with Crippen LogP contribution in [0.3, 0.4) is 0 Å². The number of pyridine rings is 1. The Labute approximate surface area is 184 Å². The normalized spacial score (nSPS) is 13.0. The van der Waals surface area contributed by atoms with E-state index in [1.807, 2.05) is 62.4 Å². The van der Waals surface area contributed by atoms with Gasteiger partial charge in [0.15, 0.2) is 0 Å². The molecule has 0 aliphatic heterocycles. The van der Waals surface area contributed by atoms with Crippen molar-refractivity contribution < 1.29 is 0 Å². The number of fused-ring (bicyclic) bond motifs is 2. The van der Waals surface area contributed by atoms with Gasteiger partial charge >= 0.3 is 0 Å². The van der Waals surface area contributed by atoms with Gasteiger partial charge in [-0.1, -0.05) is 24.3 Å². The number of nitriles is 1. The van der Waals surface area contributed by atoms with Crippen molar-refractivity contribution in [2.75, 3.05) is 10.6 Å². The summed E-state index contributed by atoms with van der Waals surface area (Å²) in [6, 6.07) is 21.3. The van der Waals surface area contributed by atoms with Crippen LogP contribution in [0.15, 0.2) is 60.7 Å². The number of H-pyrrole nitrogens is 2. The van der Waals surface area contributed by atoms with Gasteiger partial charge < -0.3 is 20.6 Å². The van der Waals surface area contributed by atoms with Crippen molar-refractivity contribution in [1.29, 1.82) is 5.26 Å². The van der Waals surface area contributed by atoms with Crippen LogP contribution < -0.4 is 10.6 Å². The molecule has 0 fully saturated rings. The second-order valence-corrected chi connectivity index (χ2v) is 7.71. The molecule has 0 spiro atoms. The summed E-state index contributed by atoms with van der Waals surface area (Å²) in [7, 11) is 0. The molecule has 8 nitrogen and oxygen atoms in total. The topological polar surface area (TPSA) is 118 Å². The molecule has 0 amide bonds. The lowest BCUT2D eigenvalue weighted by Gasteiger charge is -2.16. The first-order chi connectivity index (χ1) is 15.6. The molecule has 0 aliphatic carbocycles. The minimum Gasteiger partial charge on any atom is -0.360 e. The zero-order valence-corrected chi connectivity index (χ0v) is 17.7. The van der Waals surface area contributed by atoms with Crippen LogP contribution in [0.25, 0.3) is 22.1 Å². The van der Waals surface area contributed by atoms with Gasteiger partial charge in [-0.25, -0.2) is 15.0 Å². The Morgan fingerprint density at radius 3 is 1.88 bits per heavy atom. The van der Waals surface area contributed by atoms with Crippen LogP contribution in [0.2, 0.25) is 0 Å². The molecule has 3 heterocycles. The summed E-state index contributed by atoms with van der Waals surface area (Å²) >= 11 is 0. The van der Waals surface area contributed by atoms with E-state index in [0.29, 0.717) is 17.2 Å². The monoisotopic (exact) mass is 422 g/mol. The molecule has 2 aromatic carbocycles. The molecule has 3 aromatic heterocycles. The number of rotatable bonds is 6. The maximum Gasteiger partial charge on any atom is 0.146 e. The average Bonchev–Trinajstić information content (AvgIpc) is 3.44. The van der Waals surface area contributed by atoms with E-state index in [1.54, 1.807) is 12.1 Å². The average molecular weight is 422 g/mol. The lowest BCUT2D eigenvalue weighted by Crippen LogP contribution is -2.13. The molecule has 0 bridgehead atoms. The van der Waals surface area contributed by atoms with Crippen molar-refractivity contribution in [3.8, 4) is 6.07 Å². The number of aromatic amines is 2. The number of hydrogen-bond acceptors (Lipinski definition) is 6. The number of para-hydroxylation sites is 4. The summed E-state index contributed by atoms with van der Waals surface area (Å²) in [6.45, 7) is 4.00. The SMILES string of the molecule is CC(Nc1ccc(C#N)c(NC(C)c2nc3ccccc3[nH]2)n1)c1nc2ccccc2[nH]1. The van der Waals surface area contributed by atoms with Crippen LogP contribution in [0, 0.1) is 11.3 Å². The third kappa shape index (κ3) is 3.72. The van der Waals surface area contributed by atoms with Crippen molar-refractivity contribution in [2.45, 2.75) is 25.9 Å². The molecule has 2 atom stereocenters. The maximum absolute atomic E-state index is 9.56. The van der Waals surface area contributed by atoms with Gasteiger partial charge in [-0.05, 0) is 50.2 Å². The number of nitrogens with one attached hydrogen (secondary N) is 4. The summed E-state index contributed by atoms with van der Waals surface area (Å²) in [5, 5.41) is 16.2. The smallest absolute Gasteiger partial charge is 0.146 e. The first-order valence-corrected chi connectivity index (χ1v) is 10.4. The molecule has 0 aliphatic rings. The lowest BCUT2D eigenvalue weighted by molar-refractivity contribution is 0.798. The van der Waals surface area contributed by atoms with Gasteiger partial charge in [0, 0.05) is 0 Å². The predicted octanol–water partition coefficient (Wildman–Crippen LogP) is 5.05. The molecule has 0 saturated carbocycles. The van der Waals surface area contributed by atoms with E-state index >= 15 is 0 Å². The van der Waals surface area contributed by atoms with Crippen LogP contribution in [-0.4, -0.2) is 24.9 Å². The molecule has 158 valence electrons. The number of imidazole rings is 2. The summed E-state index contributed by atoms with van der Waals surface area (Å²) in [5.74, 6) is 2.76. The number of hydrogen-bond donors (Lipinski definition) is 4. The number of nitrogens with zero attached hydrogens (tertiary/aromatic N) is 4. The number of benzene rings is 2. The van der Waals surface area contributed by atoms with Crippen LogP contribution in [0.4, 0.5) is 11.6 Å². The molecular formula is C24H22N8. The first kappa shape index (κ1) is 19.6. The fourth-order valence-electron chi connectivity index (χ4n) is 3.66. The predicted molar refractivity (Wildman–Crippen MR) is 125 cm³/mol. The molecule has 8 heteroatoms. The summed E-state index contributed by atoms with van der Waals surface area (Å²) < 4.78 is 0. The van der Waals surface area contributed by atoms with E-state index in [9.17, 15) is 5.26 Å². The minimum absolute atomic E-state index is 0.0940. The molecule has 2 unspecified atom stereocenters. The second kappa shape index (κ2) is 8.04. The number of anilines is 2. The van der Waals surface area contributed by atoms with Gasteiger partial charge in [0.25, 0.3) is 0 Å². The highest BCUT2D eigenvalue weighted by Gasteiger charge is 2.16. The molecule has 32 heavy (non-hydrogen) atoms. The van der Waals surface area contributed by atoms with Gasteiger partial charge in [0.1, 0.15) is 29.4 Å². The summed E-state index contributed by atoms with van der Waals surface area (Å²) in [4.78, 5) is 20.6. The Kier molecular flexibility index (Phi) is 4.92. The van der Waals surface area contributed by atoms with Crippen molar-refractivity contribution in [2.24, 2.45) is 0 Å². The highest BCUT2D eigenvalue weighted by molar-refractivity contribution is 5.75. The van der Waals surface area contributed by atoms with Crippen LogP contribution in [-0.2, 0) is 0 Å². The van der Waals surface area contributed by atoms with Crippen molar-refractivity contribution >= 4 is 33.7 Å². The van der Waals surface area contributed by atoms with E-state index < -0.39 is 0 Å². The van der Waals surface area contributed by atoms with Gasteiger partial charge in [0.2, 0.25) is 0 Å². The second-order valence-electron chi connectivity index (χ2n) is 7.71. The summed E-state index contributed by atoms with van der Waals surface area (Å²) in [6.07, 6.45) is 0. The molecular weight excluding hydrogens is 400 g/mol. The maximum atomic E-state index is 9.56.